The fraction of sp³-hybridized carbons (Fsp3) is 1.00. The Morgan fingerprint density at radius 3 is 2.73 bits per heavy atom. The van der Waals surface area contributed by atoms with Gasteiger partial charge in [-0.3, -0.25) is 0 Å². The van der Waals surface area contributed by atoms with E-state index in [9.17, 15) is 0 Å². The van der Waals surface area contributed by atoms with Crippen molar-refractivity contribution in [2.75, 3.05) is 19.7 Å². The van der Waals surface area contributed by atoms with Crippen LogP contribution in [0.3, 0.4) is 0 Å². The van der Waals surface area contributed by atoms with Gasteiger partial charge in [-0.05, 0) is 25.3 Å². The predicted molar refractivity (Wildman–Crippen MR) is 46.7 cm³/mol. The standard InChI is InChI=1S/C9H19NO/c1-8(2)7-10-5-6-11-9-3-4-9/h8-10H,3-7H2,1-2H3. The first-order chi connectivity index (χ1) is 5.29. The topological polar surface area (TPSA) is 21.3 Å². The zero-order valence-electron chi connectivity index (χ0n) is 7.60. The van der Waals surface area contributed by atoms with Crippen LogP contribution in [0, 0.1) is 5.92 Å². The molecule has 1 rings (SSSR count). The summed E-state index contributed by atoms with van der Waals surface area (Å²) in [7, 11) is 0. The summed E-state index contributed by atoms with van der Waals surface area (Å²) in [6, 6.07) is 0. The Hall–Kier alpha value is -0.0800. The van der Waals surface area contributed by atoms with E-state index in [0.29, 0.717) is 6.10 Å². The minimum atomic E-state index is 0.607. The van der Waals surface area contributed by atoms with Crippen molar-refractivity contribution in [1.29, 1.82) is 0 Å². The fourth-order valence-corrected chi connectivity index (χ4v) is 0.923. The highest BCUT2D eigenvalue weighted by atomic mass is 16.5. The highest BCUT2D eigenvalue weighted by Gasteiger charge is 2.21. The summed E-state index contributed by atoms with van der Waals surface area (Å²) in [4.78, 5) is 0. The zero-order chi connectivity index (χ0) is 8.10. The van der Waals surface area contributed by atoms with Crippen molar-refractivity contribution in [2.45, 2.75) is 32.8 Å². The van der Waals surface area contributed by atoms with Crippen LogP contribution >= 0.6 is 0 Å². The average molecular weight is 157 g/mol. The second-order valence-corrected chi connectivity index (χ2v) is 3.67. The lowest BCUT2D eigenvalue weighted by Crippen LogP contribution is -2.24. The monoisotopic (exact) mass is 157 g/mol. The lowest BCUT2D eigenvalue weighted by molar-refractivity contribution is 0.121. The van der Waals surface area contributed by atoms with E-state index >= 15 is 0 Å². The van der Waals surface area contributed by atoms with Gasteiger partial charge < -0.3 is 10.1 Å². The minimum absolute atomic E-state index is 0.607. The van der Waals surface area contributed by atoms with E-state index in [-0.39, 0.29) is 0 Å². The van der Waals surface area contributed by atoms with Gasteiger partial charge in [-0.15, -0.1) is 0 Å². The Bertz CT molecular complexity index is 95.7. The second-order valence-electron chi connectivity index (χ2n) is 3.67. The van der Waals surface area contributed by atoms with E-state index < -0.39 is 0 Å². The molecule has 0 aliphatic heterocycles. The maximum atomic E-state index is 5.47. The first-order valence-corrected chi connectivity index (χ1v) is 4.61. The van der Waals surface area contributed by atoms with Crippen molar-refractivity contribution < 1.29 is 4.74 Å². The maximum Gasteiger partial charge on any atom is 0.0594 e. The minimum Gasteiger partial charge on any atom is -0.377 e. The molecule has 1 N–H and O–H groups in total. The van der Waals surface area contributed by atoms with E-state index in [2.05, 4.69) is 19.2 Å². The van der Waals surface area contributed by atoms with Gasteiger partial charge in [0.1, 0.15) is 0 Å². The molecule has 0 unspecified atom stereocenters. The first-order valence-electron chi connectivity index (χ1n) is 4.61. The summed E-state index contributed by atoms with van der Waals surface area (Å²) in [6.45, 7) is 7.43. The highest BCUT2D eigenvalue weighted by molar-refractivity contribution is 4.73. The van der Waals surface area contributed by atoms with Gasteiger partial charge in [-0.2, -0.15) is 0 Å². The summed E-state index contributed by atoms with van der Waals surface area (Å²) in [5, 5.41) is 3.34. The van der Waals surface area contributed by atoms with E-state index in [1.54, 1.807) is 0 Å². The summed E-state index contributed by atoms with van der Waals surface area (Å²) < 4.78 is 5.47. The van der Waals surface area contributed by atoms with E-state index in [1.165, 1.54) is 12.8 Å². The number of hydrogen-bond acceptors (Lipinski definition) is 2. The quantitative estimate of drug-likeness (QED) is 0.589. The lowest BCUT2D eigenvalue weighted by Gasteiger charge is -2.06. The Balaban J connectivity index is 1.73. The Kier molecular flexibility index (Phi) is 3.87. The molecule has 0 bridgehead atoms. The average Bonchev–Trinajstić information content (AvgIpc) is 2.70. The molecule has 2 heteroatoms. The Morgan fingerprint density at radius 2 is 2.18 bits per heavy atom. The molecule has 2 nitrogen and oxygen atoms in total. The molecule has 1 fully saturated rings. The third-order valence-corrected chi connectivity index (χ3v) is 1.71. The van der Waals surface area contributed by atoms with E-state index in [1.807, 2.05) is 0 Å². The molecular weight excluding hydrogens is 138 g/mol. The van der Waals surface area contributed by atoms with Gasteiger partial charge in [0, 0.05) is 6.54 Å². The fourth-order valence-electron chi connectivity index (χ4n) is 0.923. The zero-order valence-corrected chi connectivity index (χ0v) is 7.60. The third kappa shape index (κ3) is 5.22. The van der Waals surface area contributed by atoms with Crippen molar-refractivity contribution in [2.24, 2.45) is 5.92 Å². The first kappa shape index (κ1) is 9.01. The largest absolute Gasteiger partial charge is 0.377 e. The van der Waals surface area contributed by atoms with Crippen molar-refractivity contribution in [3.63, 3.8) is 0 Å². The molecule has 1 saturated carbocycles. The molecule has 0 amide bonds. The molecule has 0 heterocycles. The van der Waals surface area contributed by atoms with Crippen molar-refractivity contribution in [3.8, 4) is 0 Å². The smallest absolute Gasteiger partial charge is 0.0594 e. The van der Waals surface area contributed by atoms with E-state index in [0.717, 1.165) is 25.6 Å². The third-order valence-electron chi connectivity index (χ3n) is 1.71. The molecule has 0 aromatic carbocycles. The van der Waals surface area contributed by atoms with Gasteiger partial charge in [0.05, 0.1) is 12.7 Å². The van der Waals surface area contributed by atoms with Crippen LogP contribution in [-0.4, -0.2) is 25.8 Å². The lowest BCUT2D eigenvalue weighted by atomic mass is 10.2. The number of ether oxygens (including phenoxy) is 1. The summed E-state index contributed by atoms with van der Waals surface area (Å²) in [6.07, 6.45) is 3.17. The Morgan fingerprint density at radius 1 is 1.45 bits per heavy atom. The normalized spacial score (nSPS) is 17.7. The maximum absolute atomic E-state index is 5.47. The van der Waals surface area contributed by atoms with Crippen molar-refractivity contribution in [3.05, 3.63) is 0 Å². The second kappa shape index (κ2) is 4.73. The number of nitrogens with one attached hydrogen (secondary N) is 1. The SMILES string of the molecule is CC(C)CNCCOC1CC1. The van der Waals surface area contributed by atoms with Crippen LogP contribution in [0.5, 0.6) is 0 Å². The summed E-state index contributed by atoms with van der Waals surface area (Å²) >= 11 is 0. The van der Waals surface area contributed by atoms with Gasteiger partial charge in [0.15, 0.2) is 0 Å². The summed E-state index contributed by atoms with van der Waals surface area (Å²) in [5.41, 5.74) is 0. The van der Waals surface area contributed by atoms with Crippen molar-refractivity contribution >= 4 is 0 Å². The molecule has 0 radical (unpaired) electrons. The van der Waals surface area contributed by atoms with Crippen LogP contribution < -0.4 is 5.32 Å². The van der Waals surface area contributed by atoms with Gasteiger partial charge >= 0.3 is 0 Å². The van der Waals surface area contributed by atoms with Crippen LogP contribution in [0.4, 0.5) is 0 Å². The number of hydrogen-bond donors (Lipinski definition) is 1. The van der Waals surface area contributed by atoms with Crippen LogP contribution in [-0.2, 0) is 4.74 Å². The molecule has 66 valence electrons. The summed E-state index contributed by atoms with van der Waals surface area (Å²) in [5.74, 6) is 0.746. The molecule has 0 saturated heterocycles. The number of rotatable bonds is 6. The molecule has 1 aliphatic carbocycles. The van der Waals surface area contributed by atoms with Crippen LogP contribution in [0.25, 0.3) is 0 Å². The van der Waals surface area contributed by atoms with Gasteiger partial charge in [-0.25, -0.2) is 0 Å². The molecule has 11 heavy (non-hydrogen) atoms. The molecule has 0 atom stereocenters. The van der Waals surface area contributed by atoms with Crippen LogP contribution in [0.15, 0.2) is 0 Å². The van der Waals surface area contributed by atoms with Gasteiger partial charge in [0.2, 0.25) is 0 Å². The van der Waals surface area contributed by atoms with E-state index in [4.69, 9.17) is 4.74 Å². The molecule has 0 aromatic rings. The van der Waals surface area contributed by atoms with Crippen LogP contribution in [0.1, 0.15) is 26.7 Å². The van der Waals surface area contributed by atoms with Crippen molar-refractivity contribution in [1.82, 2.24) is 5.32 Å². The molecule has 1 aliphatic rings. The molecular formula is C9H19NO. The highest BCUT2D eigenvalue weighted by Crippen LogP contribution is 2.22. The van der Waals surface area contributed by atoms with Gasteiger partial charge in [0.25, 0.3) is 0 Å². The molecule has 0 spiro atoms. The van der Waals surface area contributed by atoms with Gasteiger partial charge in [-0.1, -0.05) is 13.8 Å². The Labute approximate surface area is 69.3 Å². The molecule has 0 aromatic heterocycles. The predicted octanol–water partition coefficient (Wildman–Crippen LogP) is 1.41. The van der Waals surface area contributed by atoms with Crippen LogP contribution in [0.2, 0.25) is 0 Å².